The lowest BCUT2D eigenvalue weighted by Crippen LogP contribution is -2.24. The van der Waals surface area contributed by atoms with Crippen LogP contribution in [0.1, 0.15) is 22.5 Å². The number of nitrogens with zero attached hydrogens (tertiary/aromatic N) is 2. The van der Waals surface area contributed by atoms with Crippen LogP contribution >= 0.6 is 15.9 Å². The monoisotopic (exact) mass is 371 g/mol. The van der Waals surface area contributed by atoms with E-state index in [0.717, 1.165) is 16.5 Å². The zero-order chi connectivity index (χ0) is 15.6. The Morgan fingerprint density at radius 3 is 2.24 bits per heavy atom. The van der Waals surface area contributed by atoms with E-state index in [-0.39, 0.29) is 11.4 Å². The first-order chi connectivity index (χ1) is 9.85. The molecule has 0 atom stereocenters. The molecule has 1 N–H and O–H groups in total. The molecule has 0 unspecified atom stereocenters. The Balaban J connectivity index is 2.17. The van der Waals surface area contributed by atoms with Crippen LogP contribution in [0.2, 0.25) is 0 Å². The van der Waals surface area contributed by atoms with Crippen LogP contribution in [-0.4, -0.2) is 18.2 Å². The fraction of sp³-hybridized carbons (Fsp3) is 0.357. The maximum atomic E-state index is 12.4. The molecule has 0 fully saturated rings. The van der Waals surface area contributed by atoms with Crippen LogP contribution in [0.4, 0.5) is 0 Å². The largest absolute Gasteiger partial charge is 0.271 e. The molecule has 0 aliphatic rings. The molecule has 0 bridgehead atoms. The van der Waals surface area contributed by atoms with Gasteiger partial charge in [0.05, 0.1) is 11.4 Å². The van der Waals surface area contributed by atoms with Gasteiger partial charge in [-0.05, 0) is 25.0 Å². The van der Waals surface area contributed by atoms with Gasteiger partial charge >= 0.3 is 0 Å². The van der Waals surface area contributed by atoms with E-state index in [2.05, 4.69) is 25.8 Å². The Labute approximate surface area is 133 Å². The molecule has 5 nitrogen and oxygen atoms in total. The van der Waals surface area contributed by atoms with Crippen LogP contribution in [-0.2, 0) is 28.9 Å². The minimum atomic E-state index is -3.56. The first kappa shape index (κ1) is 16.2. The summed E-state index contributed by atoms with van der Waals surface area (Å²) >= 11 is 3.38. The van der Waals surface area contributed by atoms with Gasteiger partial charge in [-0.2, -0.15) is 5.10 Å². The van der Waals surface area contributed by atoms with E-state index >= 15 is 0 Å². The van der Waals surface area contributed by atoms with Gasteiger partial charge in [0.25, 0.3) is 0 Å². The Hall–Kier alpha value is -1.18. The number of rotatable bonds is 5. The second kappa shape index (κ2) is 6.29. The summed E-state index contributed by atoms with van der Waals surface area (Å²) in [7, 11) is -1.82. The number of sulfonamides is 1. The average Bonchev–Trinajstić information content (AvgIpc) is 2.71. The third-order valence-corrected chi connectivity index (χ3v) is 5.66. The number of halogens is 1. The number of aromatic nitrogens is 2. The fourth-order valence-electron chi connectivity index (χ4n) is 2.14. The molecule has 1 aromatic carbocycles. The summed E-state index contributed by atoms with van der Waals surface area (Å²) in [5, 5.41) is 4.93. The topological polar surface area (TPSA) is 64.0 Å². The SMILES string of the molecule is Cc1nn(C)c(C)c1S(=O)(=O)NCc1ccc(CBr)cc1. The van der Waals surface area contributed by atoms with E-state index in [9.17, 15) is 8.42 Å². The summed E-state index contributed by atoms with van der Waals surface area (Å²) in [6, 6.07) is 7.78. The molecule has 7 heteroatoms. The number of hydrogen-bond donors (Lipinski definition) is 1. The van der Waals surface area contributed by atoms with Crippen molar-refractivity contribution in [3.05, 3.63) is 46.8 Å². The molecule has 0 aliphatic heterocycles. The number of nitrogens with one attached hydrogen (secondary N) is 1. The van der Waals surface area contributed by atoms with Gasteiger partial charge in [-0.3, -0.25) is 4.68 Å². The van der Waals surface area contributed by atoms with E-state index < -0.39 is 10.0 Å². The molecule has 2 aromatic rings. The summed E-state index contributed by atoms with van der Waals surface area (Å²) in [4.78, 5) is 0.266. The van der Waals surface area contributed by atoms with Gasteiger partial charge in [-0.15, -0.1) is 0 Å². The van der Waals surface area contributed by atoms with Crippen molar-refractivity contribution in [2.24, 2.45) is 7.05 Å². The highest BCUT2D eigenvalue weighted by atomic mass is 79.9. The van der Waals surface area contributed by atoms with Crippen LogP contribution in [0.25, 0.3) is 0 Å². The molecule has 0 radical (unpaired) electrons. The molecule has 0 saturated carbocycles. The van der Waals surface area contributed by atoms with E-state index in [1.165, 1.54) is 0 Å². The van der Waals surface area contributed by atoms with Gasteiger partial charge in [0.2, 0.25) is 10.0 Å². The van der Waals surface area contributed by atoms with Gasteiger partial charge in [0, 0.05) is 18.9 Å². The average molecular weight is 372 g/mol. The van der Waals surface area contributed by atoms with Crippen molar-refractivity contribution in [3.63, 3.8) is 0 Å². The van der Waals surface area contributed by atoms with Crippen LogP contribution < -0.4 is 4.72 Å². The minimum absolute atomic E-state index is 0.263. The highest BCUT2D eigenvalue weighted by Gasteiger charge is 2.23. The normalized spacial score (nSPS) is 11.8. The zero-order valence-corrected chi connectivity index (χ0v) is 14.6. The number of hydrogen-bond acceptors (Lipinski definition) is 3. The fourth-order valence-corrected chi connectivity index (χ4v) is 3.97. The van der Waals surface area contributed by atoms with Crippen molar-refractivity contribution < 1.29 is 8.42 Å². The first-order valence-electron chi connectivity index (χ1n) is 6.49. The van der Waals surface area contributed by atoms with Crippen LogP contribution in [0.15, 0.2) is 29.2 Å². The highest BCUT2D eigenvalue weighted by molar-refractivity contribution is 9.08. The molecular formula is C14H18BrN3O2S. The standard InChI is InChI=1S/C14H18BrN3O2S/c1-10-14(11(2)18(3)17-10)21(19,20)16-9-13-6-4-12(8-15)5-7-13/h4-7,16H,8-9H2,1-3H3. The van der Waals surface area contributed by atoms with Crippen molar-refractivity contribution in [1.29, 1.82) is 0 Å². The summed E-state index contributed by atoms with van der Waals surface area (Å²) < 4.78 is 29.0. The van der Waals surface area contributed by atoms with Gasteiger partial charge < -0.3 is 0 Å². The third-order valence-electron chi connectivity index (χ3n) is 3.35. The molecule has 21 heavy (non-hydrogen) atoms. The maximum Gasteiger partial charge on any atom is 0.244 e. The van der Waals surface area contributed by atoms with Crippen molar-refractivity contribution in [3.8, 4) is 0 Å². The number of aryl methyl sites for hydroxylation is 2. The predicted octanol–water partition coefficient (Wildman–Crippen LogP) is 2.41. The molecule has 114 valence electrons. The predicted molar refractivity (Wildman–Crippen MR) is 85.8 cm³/mol. The summed E-state index contributed by atoms with van der Waals surface area (Å²) in [5.74, 6) is 0. The lowest BCUT2D eigenvalue weighted by atomic mass is 10.2. The second-order valence-corrected chi connectivity index (χ2v) is 7.16. The molecule has 0 saturated heterocycles. The minimum Gasteiger partial charge on any atom is -0.271 e. The van der Waals surface area contributed by atoms with Crippen molar-refractivity contribution in [2.45, 2.75) is 30.6 Å². The Bertz CT molecular complexity index is 736. The van der Waals surface area contributed by atoms with Crippen LogP contribution in [0.5, 0.6) is 0 Å². The molecule has 2 rings (SSSR count). The third kappa shape index (κ3) is 3.53. The summed E-state index contributed by atoms with van der Waals surface area (Å²) in [6.07, 6.45) is 0. The van der Waals surface area contributed by atoms with E-state index in [4.69, 9.17) is 0 Å². The quantitative estimate of drug-likeness (QED) is 0.820. The number of benzene rings is 1. The molecule has 0 amide bonds. The zero-order valence-electron chi connectivity index (χ0n) is 12.2. The Morgan fingerprint density at radius 2 is 1.76 bits per heavy atom. The first-order valence-corrected chi connectivity index (χ1v) is 9.09. The van der Waals surface area contributed by atoms with E-state index in [0.29, 0.717) is 11.4 Å². The van der Waals surface area contributed by atoms with Gasteiger partial charge in [-0.1, -0.05) is 40.2 Å². The van der Waals surface area contributed by atoms with Crippen LogP contribution in [0, 0.1) is 13.8 Å². The molecule has 1 heterocycles. The van der Waals surface area contributed by atoms with Crippen molar-refractivity contribution in [2.75, 3.05) is 0 Å². The Morgan fingerprint density at radius 1 is 1.19 bits per heavy atom. The van der Waals surface area contributed by atoms with Crippen molar-refractivity contribution >= 4 is 26.0 Å². The van der Waals surface area contributed by atoms with Gasteiger partial charge in [0.15, 0.2) is 0 Å². The lowest BCUT2D eigenvalue weighted by molar-refractivity contribution is 0.579. The summed E-state index contributed by atoms with van der Waals surface area (Å²) in [6.45, 7) is 3.71. The van der Waals surface area contributed by atoms with Crippen molar-refractivity contribution in [1.82, 2.24) is 14.5 Å². The smallest absolute Gasteiger partial charge is 0.244 e. The molecule has 1 aromatic heterocycles. The maximum absolute atomic E-state index is 12.4. The molecular weight excluding hydrogens is 354 g/mol. The second-order valence-electron chi connectivity index (χ2n) is 4.90. The van der Waals surface area contributed by atoms with E-state index in [1.54, 1.807) is 25.6 Å². The van der Waals surface area contributed by atoms with Gasteiger partial charge in [0.1, 0.15) is 4.90 Å². The summed E-state index contributed by atoms with van der Waals surface area (Å²) in [5.41, 5.74) is 3.22. The lowest BCUT2D eigenvalue weighted by Gasteiger charge is -2.08. The van der Waals surface area contributed by atoms with E-state index in [1.807, 2.05) is 24.3 Å². The number of alkyl halides is 1. The molecule has 0 aliphatic carbocycles. The Kier molecular flexibility index (Phi) is 4.85. The molecule has 0 spiro atoms. The van der Waals surface area contributed by atoms with Gasteiger partial charge in [-0.25, -0.2) is 13.1 Å². The van der Waals surface area contributed by atoms with Crippen LogP contribution in [0.3, 0.4) is 0 Å². The highest BCUT2D eigenvalue weighted by Crippen LogP contribution is 2.18.